The Kier molecular flexibility index (Phi) is 7.96. The number of para-hydroxylation sites is 1. The number of nitrogens with zero attached hydrogens (tertiary/aromatic N) is 4. The first kappa shape index (κ1) is 26.7. The van der Waals surface area contributed by atoms with Crippen molar-refractivity contribution < 1.29 is 22.9 Å². The van der Waals surface area contributed by atoms with Gasteiger partial charge >= 0.3 is 12.2 Å². The van der Waals surface area contributed by atoms with Gasteiger partial charge in [0, 0.05) is 23.6 Å². The number of nitro benzene ring substituents is 1. The van der Waals surface area contributed by atoms with Crippen LogP contribution in [0.25, 0.3) is 5.69 Å². The lowest BCUT2D eigenvalue weighted by atomic mass is 10.1. The summed E-state index contributed by atoms with van der Waals surface area (Å²) in [4.78, 5) is 23.2. The number of urea groups is 1. The normalized spacial score (nSPS) is 12.1. The highest BCUT2D eigenvalue weighted by Crippen LogP contribution is 2.34. The third kappa shape index (κ3) is 6.29. The average molecular weight is 543 g/mol. The number of amides is 2. The van der Waals surface area contributed by atoms with E-state index < -0.39 is 28.7 Å². The highest BCUT2D eigenvalue weighted by Gasteiger charge is 2.33. The lowest BCUT2D eigenvalue weighted by Gasteiger charge is -2.18. The molecular formula is C25H21F3N6O3S. The summed E-state index contributed by atoms with van der Waals surface area (Å²) in [6.45, 7) is 1.60. The second-order valence-electron chi connectivity index (χ2n) is 8.09. The van der Waals surface area contributed by atoms with Crippen molar-refractivity contribution in [2.45, 2.75) is 30.1 Å². The molecule has 0 fully saturated rings. The fourth-order valence-corrected chi connectivity index (χ4v) is 4.52. The number of hydrogen-bond acceptors (Lipinski definition) is 6. The van der Waals surface area contributed by atoms with Gasteiger partial charge in [0.05, 0.1) is 22.2 Å². The maximum atomic E-state index is 13.3. The van der Waals surface area contributed by atoms with Gasteiger partial charge in [-0.25, -0.2) is 4.79 Å². The largest absolute Gasteiger partial charge is 0.418 e. The molecule has 1 unspecified atom stereocenters. The van der Waals surface area contributed by atoms with Crippen molar-refractivity contribution in [2.75, 3.05) is 5.32 Å². The Morgan fingerprint density at radius 3 is 2.34 bits per heavy atom. The van der Waals surface area contributed by atoms with Gasteiger partial charge in [-0.1, -0.05) is 54.2 Å². The van der Waals surface area contributed by atoms with Crippen molar-refractivity contribution in [3.05, 3.63) is 106 Å². The number of nitro groups is 1. The molecule has 0 aliphatic carbocycles. The molecule has 38 heavy (non-hydrogen) atoms. The van der Waals surface area contributed by atoms with Gasteiger partial charge in [0.15, 0.2) is 11.0 Å². The molecule has 0 aliphatic heterocycles. The van der Waals surface area contributed by atoms with Crippen LogP contribution in [-0.2, 0) is 11.9 Å². The first-order chi connectivity index (χ1) is 18.1. The lowest BCUT2D eigenvalue weighted by molar-refractivity contribution is -0.384. The summed E-state index contributed by atoms with van der Waals surface area (Å²) in [5.74, 6) is 0.844. The quantitative estimate of drug-likeness (QED) is 0.152. The smallest absolute Gasteiger partial charge is 0.328 e. The van der Waals surface area contributed by atoms with E-state index >= 15 is 0 Å². The zero-order valence-electron chi connectivity index (χ0n) is 19.8. The van der Waals surface area contributed by atoms with Gasteiger partial charge in [-0.3, -0.25) is 14.7 Å². The summed E-state index contributed by atoms with van der Waals surface area (Å²) in [5, 5.41) is 24.9. The van der Waals surface area contributed by atoms with Gasteiger partial charge in [-0.15, -0.1) is 10.2 Å². The van der Waals surface area contributed by atoms with Gasteiger partial charge in [-0.05, 0) is 36.8 Å². The molecule has 0 saturated carbocycles. The molecule has 0 saturated heterocycles. The molecule has 4 aromatic rings. The Labute approximate surface area is 219 Å². The van der Waals surface area contributed by atoms with E-state index in [9.17, 15) is 28.1 Å². The number of non-ortho nitro benzene ring substituents is 1. The number of carbonyl (C=O) groups is 1. The Morgan fingerprint density at radius 2 is 1.68 bits per heavy atom. The minimum absolute atomic E-state index is 0.101. The molecule has 0 bridgehead atoms. The maximum absolute atomic E-state index is 13.3. The number of nitrogens with one attached hydrogen (secondary N) is 2. The van der Waals surface area contributed by atoms with E-state index in [-0.39, 0.29) is 17.2 Å². The van der Waals surface area contributed by atoms with Crippen LogP contribution in [0.4, 0.5) is 29.3 Å². The fourth-order valence-electron chi connectivity index (χ4n) is 3.60. The number of alkyl halides is 3. The molecule has 196 valence electrons. The molecular weight excluding hydrogens is 521 g/mol. The first-order valence-corrected chi connectivity index (χ1v) is 12.2. The molecule has 4 rings (SSSR count). The van der Waals surface area contributed by atoms with Crippen LogP contribution in [0.2, 0.25) is 0 Å². The minimum atomic E-state index is -4.64. The molecule has 3 aromatic carbocycles. The number of carbonyl (C=O) groups excluding carboxylic acids is 1. The Bertz CT molecular complexity index is 1430. The zero-order valence-corrected chi connectivity index (χ0v) is 20.7. The highest BCUT2D eigenvalue weighted by atomic mass is 32.2. The van der Waals surface area contributed by atoms with E-state index in [0.717, 1.165) is 17.7 Å². The summed E-state index contributed by atoms with van der Waals surface area (Å²) in [6, 6.07) is 18.3. The predicted octanol–water partition coefficient (Wildman–Crippen LogP) is 6.37. The van der Waals surface area contributed by atoms with Crippen LogP contribution in [0.5, 0.6) is 0 Å². The van der Waals surface area contributed by atoms with Gasteiger partial charge in [0.25, 0.3) is 5.69 Å². The summed E-state index contributed by atoms with van der Waals surface area (Å²) in [6.07, 6.45) is -4.64. The van der Waals surface area contributed by atoms with E-state index in [4.69, 9.17) is 0 Å². The Morgan fingerprint density at radius 1 is 1.03 bits per heavy atom. The van der Waals surface area contributed by atoms with E-state index in [0.29, 0.717) is 16.6 Å². The molecule has 2 amide bonds. The van der Waals surface area contributed by atoms with Crippen LogP contribution < -0.4 is 10.6 Å². The molecule has 1 heterocycles. The molecule has 1 aromatic heterocycles. The molecule has 0 aliphatic rings. The number of thioether (sulfide) groups is 1. The maximum Gasteiger partial charge on any atom is 0.418 e. The second-order valence-corrected chi connectivity index (χ2v) is 9.03. The third-order valence-electron chi connectivity index (χ3n) is 5.40. The summed E-state index contributed by atoms with van der Waals surface area (Å²) in [5.41, 5.74) is 0.0849. The van der Waals surface area contributed by atoms with Gasteiger partial charge in [0.1, 0.15) is 0 Å². The topological polar surface area (TPSA) is 115 Å². The van der Waals surface area contributed by atoms with E-state index in [1.54, 1.807) is 11.5 Å². The molecule has 0 radical (unpaired) electrons. The Hall–Kier alpha value is -4.39. The number of benzene rings is 3. The van der Waals surface area contributed by atoms with Crippen LogP contribution in [0.3, 0.4) is 0 Å². The van der Waals surface area contributed by atoms with E-state index in [1.165, 1.54) is 48.2 Å². The number of anilines is 1. The fraction of sp³-hybridized carbons (Fsp3) is 0.160. The monoisotopic (exact) mass is 542 g/mol. The van der Waals surface area contributed by atoms with Crippen molar-refractivity contribution in [3.8, 4) is 5.69 Å². The number of aromatic nitrogens is 3. The molecule has 0 spiro atoms. The van der Waals surface area contributed by atoms with Crippen molar-refractivity contribution in [3.63, 3.8) is 0 Å². The van der Waals surface area contributed by atoms with Gasteiger partial charge < -0.3 is 10.6 Å². The average Bonchev–Trinajstić information content (AvgIpc) is 3.32. The summed E-state index contributed by atoms with van der Waals surface area (Å²) >= 11 is 1.37. The number of rotatable bonds is 8. The van der Waals surface area contributed by atoms with Crippen molar-refractivity contribution >= 4 is 29.2 Å². The van der Waals surface area contributed by atoms with Crippen LogP contribution >= 0.6 is 11.8 Å². The van der Waals surface area contributed by atoms with Crippen LogP contribution in [0, 0.1) is 10.1 Å². The van der Waals surface area contributed by atoms with E-state index in [2.05, 4.69) is 20.8 Å². The van der Waals surface area contributed by atoms with Crippen molar-refractivity contribution in [1.29, 1.82) is 0 Å². The standard InChI is InChI=1S/C25H21F3N6O3S/c1-16(29-23(35)30-21-10-6-5-9-20(21)25(26,27)28)22-31-32-24(38-15-17-7-3-2-4-8-17)33(22)18-11-13-19(14-12-18)34(36)37/h2-14,16H,15H2,1H3,(H2,29,30,35). The van der Waals surface area contributed by atoms with Crippen molar-refractivity contribution in [1.82, 2.24) is 20.1 Å². The van der Waals surface area contributed by atoms with Crippen LogP contribution in [0.1, 0.15) is 29.9 Å². The number of hydrogen-bond donors (Lipinski definition) is 2. The van der Waals surface area contributed by atoms with E-state index in [1.807, 2.05) is 30.3 Å². The SMILES string of the molecule is CC(NC(=O)Nc1ccccc1C(F)(F)F)c1nnc(SCc2ccccc2)n1-c1ccc([N+](=O)[O-])cc1. The van der Waals surface area contributed by atoms with Gasteiger partial charge in [0.2, 0.25) is 0 Å². The second kappa shape index (κ2) is 11.3. The Balaban J connectivity index is 1.59. The van der Waals surface area contributed by atoms with Gasteiger partial charge in [-0.2, -0.15) is 13.2 Å². The molecule has 9 nitrogen and oxygen atoms in total. The lowest BCUT2D eigenvalue weighted by Crippen LogP contribution is -2.33. The zero-order chi connectivity index (χ0) is 27.3. The minimum Gasteiger partial charge on any atom is -0.328 e. The highest BCUT2D eigenvalue weighted by molar-refractivity contribution is 7.98. The summed E-state index contributed by atoms with van der Waals surface area (Å²) < 4.78 is 41.6. The van der Waals surface area contributed by atoms with Crippen LogP contribution in [0.15, 0.2) is 84.0 Å². The first-order valence-electron chi connectivity index (χ1n) is 11.2. The predicted molar refractivity (Wildman–Crippen MR) is 136 cm³/mol. The summed E-state index contributed by atoms with van der Waals surface area (Å²) in [7, 11) is 0. The van der Waals surface area contributed by atoms with Crippen LogP contribution in [-0.4, -0.2) is 25.7 Å². The molecule has 1 atom stereocenters. The molecule has 13 heteroatoms. The third-order valence-corrected chi connectivity index (χ3v) is 6.40. The number of halogens is 3. The van der Waals surface area contributed by atoms with Crippen molar-refractivity contribution in [2.24, 2.45) is 0 Å². The molecule has 2 N–H and O–H groups in total.